The Morgan fingerprint density at radius 1 is 1.11 bits per heavy atom. The van der Waals surface area contributed by atoms with Crippen molar-refractivity contribution in [1.29, 1.82) is 0 Å². The number of likely N-dealkylation sites (tertiary alicyclic amines) is 2. The van der Waals surface area contributed by atoms with Crippen molar-refractivity contribution in [3.05, 3.63) is 29.8 Å². The molecule has 0 radical (unpaired) electrons. The lowest BCUT2D eigenvalue weighted by Gasteiger charge is -2.29. The van der Waals surface area contributed by atoms with Crippen molar-refractivity contribution in [3.8, 4) is 0 Å². The number of rotatable bonds is 7. The van der Waals surface area contributed by atoms with Crippen LogP contribution in [-0.2, 0) is 14.4 Å². The van der Waals surface area contributed by atoms with Crippen molar-refractivity contribution in [3.63, 3.8) is 0 Å². The molecule has 3 fully saturated rings. The average Bonchev–Trinajstić information content (AvgIpc) is 3.56. The van der Waals surface area contributed by atoms with E-state index in [0.29, 0.717) is 24.9 Å². The Morgan fingerprint density at radius 3 is 2.43 bits per heavy atom. The van der Waals surface area contributed by atoms with E-state index in [9.17, 15) is 19.2 Å². The van der Waals surface area contributed by atoms with Crippen LogP contribution in [0.5, 0.6) is 0 Å². The second kappa shape index (κ2) is 10.4. The first-order valence-electron chi connectivity index (χ1n) is 12.6. The summed E-state index contributed by atoms with van der Waals surface area (Å²) in [7, 11) is 3.86. The maximum Gasteiger partial charge on any atom is 0.251 e. The first kappa shape index (κ1) is 25.2. The van der Waals surface area contributed by atoms with Crippen LogP contribution < -0.4 is 15.5 Å². The molecular weight excluding hydrogens is 446 g/mol. The van der Waals surface area contributed by atoms with Gasteiger partial charge in [0.1, 0.15) is 12.1 Å². The zero-order chi connectivity index (χ0) is 25.3. The Hall–Kier alpha value is -2.94. The van der Waals surface area contributed by atoms with E-state index < -0.39 is 12.1 Å². The van der Waals surface area contributed by atoms with Gasteiger partial charge in [-0.3, -0.25) is 19.2 Å². The summed E-state index contributed by atoms with van der Waals surface area (Å²) in [6.45, 7) is 5.27. The molecule has 0 aliphatic carbocycles. The Labute approximate surface area is 207 Å². The van der Waals surface area contributed by atoms with Gasteiger partial charge in [-0.1, -0.05) is 13.8 Å². The van der Waals surface area contributed by atoms with E-state index in [1.165, 1.54) is 0 Å². The van der Waals surface area contributed by atoms with Crippen LogP contribution in [0, 0.1) is 5.92 Å². The molecule has 190 valence electrons. The number of nitrogens with zero attached hydrogens (tertiary/aromatic N) is 3. The lowest BCUT2D eigenvalue weighted by atomic mass is 10.0. The number of hydrogen-bond acceptors (Lipinski definition) is 6. The van der Waals surface area contributed by atoms with Crippen LogP contribution in [-0.4, -0.2) is 91.2 Å². The SMILES string of the molecule is CC(C)C[C@H](NC(=O)c1ccc(N(C)C)cc1)C(=O)N1CCC2C1C(=O)CN2C(=O)[C@@H]1CCCN1. The summed E-state index contributed by atoms with van der Waals surface area (Å²) in [6, 6.07) is 5.34. The number of amides is 3. The number of Topliss-reactive ketones (excluding diaryl/α,β-unsaturated/α-hetero) is 1. The summed E-state index contributed by atoms with van der Waals surface area (Å²) in [6.07, 6.45) is 2.78. The van der Waals surface area contributed by atoms with E-state index in [2.05, 4.69) is 10.6 Å². The van der Waals surface area contributed by atoms with Crippen molar-refractivity contribution in [2.24, 2.45) is 5.92 Å². The lowest BCUT2D eigenvalue weighted by molar-refractivity contribution is -0.138. The van der Waals surface area contributed by atoms with Gasteiger partial charge in [-0.2, -0.15) is 0 Å². The van der Waals surface area contributed by atoms with Gasteiger partial charge >= 0.3 is 0 Å². The molecular formula is C26H37N5O4. The summed E-state index contributed by atoms with van der Waals surface area (Å²) in [4.78, 5) is 57.9. The monoisotopic (exact) mass is 483 g/mol. The summed E-state index contributed by atoms with van der Waals surface area (Å²) in [5.74, 6) is -0.519. The van der Waals surface area contributed by atoms with Crippen molar-refractivity contribution in [2.75, 3.05) is 38.6 Å². The minimum absolute atomic E-state index is 0.0362. The average molecular weight is 484 g/mol. The lowest BCUT2D eigenvalue weighted by Crippen LogP contribution is -2.53. The molecule has 0 spiro atoms. The molecule has 0 aromatic heterocycles. The fourth-order valence-corrected chi connectivity index (χ4v) is 5.50. The van der Waals surface area contributed by atoms with Crippen molar-refractivity contribution < 1.29 is 19.2 Å². The van der Waals surface area contributed by atoms with Crippen LogP contribution in [0.15, 0.2) is 24.3 Å². The van der Waals surface area contributed by atoms with Crippen LogP contribution in [0.3, 0.4) is 0 Å². The van der Waals surface area contributed by atoms with Gasteiger partial charge in [0.2, 0.25) is 11.8 Å². The number of hydrogen-bond donors (Lipinski definition) is 2. The van der Waals surface area contributed by atoms with Gasteiger partial charge in [-0.15, -0.1) is 0 Å². The van der Waals surface area contributed by atoms with Crippen LogP contribution in [0.4, 0.5) is 5.69 Å². The Balaban J connectivity index is 1.47. The van der Waals surface area contributed by atoms with Gasteiger partial charge in [0.15, 0.2) is 5.78 Å². The van der Waals surface area contributed by atoms with Crippen molar-refractivity contribution >= 4 is 29.2 Å². The molecule has 9 nitrogen and oxygen atoms in total. The van der Waals surface area contributed by atoms with E-state index in [4.69, 9.17) is 0 Å². The predicted octanol–water partition coefficient (Wildman–Crippen LogP) is 1.03. The molecule has 1 aromatic carbocycles. The molecule has 0 saturated carbocycles. The van der Waals surface area contributed by atoms with Crippen LogP contribution >= 0.6 is 0 Å². The maximum absolute atomic E-state index is 13.6. The molecule has 3 amide bonds. The highest BCUT2D eigenvalue weighted by molar-refractivity contribution is 6.01. The first-order valence-corrected chi connectivity index (χ1v) is 12.6. The largest absolute Gasteiger partial charge is 0.378 e. The maximum atomic E-state index is 13.6. The third-order valence-corrected chi connectivity index (χ3v) is 7.30. The molecule has 0 bridgehead atoms. The van der Waals surface area contributed by atoms with Gasteiger partial charge in [-0.25, -0.2) is 0 Å². The van der Waals surface area contributed by atoms with Gasteiger partial charge in [0.25, 0.3) is 5.91 Å². The van der Waals surface area contributed by atoms with Crippen LogP contribution in [0.1, 0.15) is 49.9 Å². The molecule has 4 rings (SSSR count). The standard InChI is InChI=1S/C26H37N5O4/c1-16(2)14-20(28-24(33)17-7-9-18(10-8-17)29(3)4)26(35)30-13-11-21-23(30)22(32)15-31(21)25(34)19-6-5-12-27-19/h7-10,16,19-21,23,27H,5-6,11-15H2,1-4H3,(H,28,33)/t19-,20-,21?,23?/m0/s1. The first-order chi connectivity index (χ1) is 16.7. The summed E-state index contributed by atoms with van der Waals surface area (Å²) >= 11 is 0. The highest BCUT2D eigenvalue weighted by atomic mass is 16.2. The van der Waals surface area contributed by atoms with Crippen LogP contribution in [0.2, 0.25) is 0 Å². The van der Waals surface area contributed by atoms with E-state index in [-0.39, 0.29) is 48.1 Å². The third-order valence-electron chi connectivity index (χ3n) is 7.30. The molecule has 3 saturated heterocycles. The molecule has 3 aliphatic heterocycles. The normalized spacial score (nSPS) is 24.6. The molecule has 1 aromatic rings. The van der Waals surface area contributed by atoms with Gasteiger partial charge in [0.05, 0.1) is 18.6 Å². The Morgan fingerprint density at radius 2 is 1.83 bits per heavy atom. The number of nitrogens with one attached hydrogen (secondary N) is 2. The topological polar surface area (TPSA) is 102 Å². The number of fused-ring (bicyclic) bond motifs is 1. The molecule has 3 aliphatic rings. The Kier molecular flexibility index (Phi) is 7.44. The van der Waals surface area contributed by atoms with Crippen molar-refractivity contribution in [2.45, 2.75) is 63.7 Å². The number of ketones is 1. The molecule has 35 heavy (non-hydrogen) atoms. The van der Waals surface area contributed by atoms with Crippen molar-refractivity contribution in [1.82, 2.24) is 20.4 Å². The minimum Gasteiger partial charge on any atom is -0.378 e. The van der Waals surface area contributed by atoms with Gasteiger partial charge in [-0.05, 0) is 62.4 Å². The summed E-state index contributed by atoms with van der Waals surface area (Å²) < 4.78 is 0. The second-order valence-corrected chi connectivity index (χ2v) is 10.5. The number of carbonyl (C=O) groups is 4. The highest BCUT2D eigenvalue weighted by Gasteiger charge is 2.53. The fourth-order valence-electron chi connectivity index (χ4n) is 5.50. The number of benzene rings is 1. The quantitative estimate of drug-likeness (QED) is 0.601. The van der Waals surface area contributed by atoms with Gasteiger partial charge in [0, 0.05) is 31.9 Å². The second-order valence-electron chi connectivity index (χ2n) is 10.5. The third kappa shape index (κ3) is 5.19. The predicted molar refractivity (Wildman–Crippen MR) is 133 cm³/mol. The fraction of sp³-hybridized carbons (Fsp3) is 0.615. The Bertz CT molecular complexity index is 970. The molecule has 2 unspecified atom stereocenters. The van der Waals surface area contributed by atoms with Gasteiger partial charge < -0.3 is 25.3 Å². The van der Waals surface area contributed by atoms with E-state index in [1.807, 2.05) is 45.0 Å². The van der Waals surface area contributed by atoms with E-state index in [1.54, 1.807) is 21.9 Å². The van der Waals surface area contributed by atoms with E-state index in [0.717, 1.165) is 25.1 Å². The summed E-state index contributed by atoms with van der Waals surface area (Å²) in [5.41, 5.74) is 1.46. The summed E-state index contributed by atoms with van der Waals surface area (Å²) in [5, 5.41) is 6.13. The highest BCUT2D eigenvalue weighted by Crippen LogP contribution is 2.32. The molecule has 2 N–H and O–H groups in total. The number of carbonyl (C=O) groups excluding carboxylic acids is 4. The van der Waals surface area contributed by atoms with Crippen LogP contribution in [0.25, 0.3) is 0 Å². The molecule has 4 atom stereocenters. The zero-order valence-corrected chi connectivity index (χ0v) is 21.1. The molecule has 9 heteroatoms. The minimum atomic E-state index is -0.733. The zero-order valence-electron chi connectivity index (χ0n) is 21.1. The number of anilines is 1. The smallest absolute Gasteiger partial charge is 0.251 e. The molecule has 3 heterocycles. The van der Waals surface area contributed by atoms with E-state index >= 15 is 0 Å².